The van der Waals surface area contributed by atoms with Gasteiger partial charge in [-0.2, -0.15) is 0 Å². The van der Waals surface area contributed by atoms with Crippen LogP contribution in [0.25, 0.3) is 0 Å². The number of hydrogen-bond acceptors (Lipinski definition) is 5. The van der Waals surface area contributed by atoms with Crippen LogP contribution in [0.4, 0.5) is 0 Å². The highest BCUT2D eigenvalue weighted by molar-refractivity contribution is 6.16. The zero-order valence-corrected chi connectivity index (χ0v) is 14.0. The van der Waals surface area contributed by atoms with Crippen LogP contribution in [0.2, 0.25) is 0 Å². The molecule has 126 valence electrons. The maximum atomic E-state index is 12.2. The number of hydrogen-bond donors (Lipinski definition) is 0. The van der Waals surface area contributed by atoms with Gasteiger partial charge in [0.1, 0.15) is 11.2 Å². The Morgan fingerprint density at radius 3 is 2.79 bits per heavy atom. The molecule has 0 radical (unpaired) electrons. The number of benzene rings is 1. The third kappa shape index (κ3) is 2.65. The van der Waals surface area contributed by atoms with E-state index in [1.54, 1.807) is 0 Å². The first kappa shape index (κ1) is 16.5. The van der Waals surface area contributed by atoms with E-state index in [-0.39, 0.29) is 11.6 Å². The summed E-state index contributed by atoms with van der Waals surface area (Å²) in [7, 11) is 1.28. The minimum absolute atomic E-state index is 0.0548. The lowest BCUT2D eigenvalue weighted by atomic mass is 9.81. The molecule has 0 saturated carbocycles. The Kier molecular flexibility index (Phi) is 4.28. The molecule has 0 amide bonds. The molecule has 0 bridgehead atoms. The van der Waals surface area contributed by atoms with Crippen molar-refractivity contribution < 1.29 is 19.1 Å². The van der Waals surface area contributed by atoms with Crippen LogP contribution in [0.3, 0.4) is 0 Å². The van der Waals surface area contributed by atoms with Crippen molar-refractivity contribution in [1.82, 2.24) is 4.90 Å². The number of carbonyl (C=O) groups excluding carboxylic acids is 2. The van der Waals surface area contributed by atoms with Crippen molar-refractivity contribution in [3.63, 3.8) is 0 Å². The molecule has 2 atom stereocenters. The third-order valence-corrected chi connectivity index (χ3v) is 4.74. The first-order valence-electron chi connectivity index (χ1n) is 7.95. The van der Waals surface area contributed by atoms with Crippen molar-refractivity contribution in [3.8, 4) is 0 Å². The summed E-state index contributed by atoms with van der Waals surface area (Å²) < 4.78 is 10.3. The Morgan fingerprint density at radius 1 is 1.46 bits per heavy atom. The number of methoxy groups -OCH3 is 1. The average molecular weight is 327 g/mol. The molecule has 24 heavy (non-hydrogen) atoms. The van der Waals surface area contributed by atoms with Crippen molar-refractivity contribution in [2.75, 3.05) is 20.2 Å². The summed E-state index contributed by atoms with van der Waals surface area (Å²) in [6, 6.07) is 10.1. The molecule has 1 aromatic rings. The second-order valence-corrected chi connectivity index (χ2v) is 6.31. The highest BCUT2D eigenvalue weighted by Crippen LogP contribution is 2.45. The van der Waals surface area contributed by atoms with Crippen molar-refractivity contribution in [1.29, 1.82) is 0 Å². The topological polar surface area (TPSA) is 55.8 Å². The summed E-state index contributed by atoms with van der Waals surface area (Å²) >= 11 is 0. The number of esters is 2. The Bertz CT molecular complexity index is 709. The van der Waals surface area contributed by atoms with Crippen LogP contribution in [0.15, 0.2) is 54.1 Å². The van der Waals surface area contributed by atoms with Gasteiger partial charge in [0.05, 0.1) is 7.11 Å². The SMILES string of the molecule is C=CCN1CC2(C)OC(=O)C(C(=O)OC)=C2CC1c1ccccc1. The molecule has 5 nitrogen and oxygen atoms in total. The lowest BCUT2D eigenvalue weighted by molar-refractivity contribution is -0.151. The van der Waals surface area contributed by atoms with Crippen LogP contribution in [-0.2, 0) is 19.1 Å². The van der Waals surface area contributed by atoms with Crippen molar-refractivity contribution in [3.05, 3.63) is 59.7 Å². The smallest absolute Gasteiger partial charge is 0.346 e. The lowest BCUT2D eigenvalue weighted by Gasteiger charge is -2.43. The minimum Gasteiger partial charge on any atom is -0.465 e. The Labute approximate surface area is 141 Å². The van der Waals surface area contributed by atoms with Gasteiger partial charge in [-0.25, -0.2) is 9.59 Å². The third-order valence-electron chi connectivity index (χ3n) is 4.74. The first-order valence-corrected chi connectivity index (χ1v) is 7.95. The van der Waals surface area contributed by atoms with Gasteiger partial charge in [0, 0.05) is 19.1 Å². The standard InChI is InChI=1S/C19H21NO4/c1-4-10-20-12-19(2)14(16(17(21)23-3)18(22)24-19)11-15(20)13-8-6-5-7-9-13/h4-9,15H,1,10-12H2,2-3H3. The van der Waals surface area contributed by atoms with E-state index in [4.69, 9.17) is 9.47 Å². The molecule has 2 heterocycles. The van der Waals surface area contributed by atoms with E-state index >= 15 is 0 Å². The molecule has 0 spiro atoms. The highest BCUT2D eigenvalue weighted by atomic mass is 16.6. The molecule has 5 heteroatoms. The van der Waals surface area contributed by atoms with E-state index in [0.717, 1.165) is 11.1 Å². The fourth-order valence-electron chi connectivity index (χ4n) is 3.64. The van der Waals surface area contributed by atoms with Gasteiger partial charge in [0.15, 0.2) is 0 Å². The van der Waals surface area contributed by atoms with Crippen LogP contribution in [0.1, 0.15) is 24.9 Å². The van der Waals surface area contributed by atoms with Crippen molar-refractivity contribution >= 4 is 11.9 Å². The number of carbonyl (C=O) groups is 2. The normalized spacial score (nSPS) is 26.8. The van der Waals surface area contributed by atoms with Crippen molar-refractivity contribution in [2.45, 2.75) is 25.0 Å². The molecular weight excluding hydrogens is 306 g/mol. The monoisotopic (exact) mass is 327 g/mol. The number of ether oxygens (including phenoxy) is 2. The quantitative estimate of drug-likeness (QED) is 0.483. The van der Waals surface area contributed by atoms with Crippen LogP contribution >= 0.6 is 0 Å². The Morgan fingerprint density at radius 2 is 2.17 bits per heavy atom. The molecule has 2 aliphatic rings. The maximum Gasteiger partial charge on any atom is 0.346 e. The van der Waals surface area contributed by atoms with Crippen molar-refractivity contribution in [2.24, 2.45) is 0 Å². The summed E-state index contributed by atoms with van der Waals surface area (Å²) in [5.74, 6) is -1.21. The van der Waals surface area contributed by atoms with Gasteiger partial charge in [-0.3, -0.25) is 4.90 Å². The molecule has 1 aromatic carbocycles. The van der Waals surface area contributed by atoms with E-state index in [9.17, 15) is 9.59 Å². The fraction of sp³-hybridized carbons (Fsp3) is 0.368. The predicted molar refractivity (Wildman–Crippen MR) is 89.1 cm³/mol. The largest absolute Gasteiger partial charge is 0.465 e. The zero-order valence-electron chi connectivity index (χ0n) is 14.0. The molecule has 1 fully saturated rings. The van der Waals surface area contributed by atoms with Gasteiger partial charge in [-0.15, -0.1) is 6.58 Å². The summed E-state index contributed by atoms with van der Waals surface area (Å²) in [5.41, 5.74) is 1.12. The van der Waals surface area contributed by atoms with Crippen LogP contribution in [0.5, 0.6) is 0 Å². The molecule has 3 rings (SSSR count). The van der Waals surface area contributed by atoms with Gasteiger partial charge < -0.3 is 9.47 Å². The zero-order chi connectivity index (χ0) is 17.3. The highest BCUT2D eigenvalue weighted by Gasteiger charge is 2.52. The number of fused-ring (bicyclic) bond motifs is 1. The molecule has 1 saturated heterocycles. The van der Waals surface area contributed by atoms with E-state index < -0.39 is 17.5 Å². The summed E-state index contributed by atoms with van der Waals surface area (Å²) in [6.07, 6.45) is 2.39. The van der Waals surface area contributed by atoms with Crippen LogP contribution in [0, 0.1) is 0 Å². The number of nitrogens with zero attached hydrogens (tertiary/aromatic N) is 1. The summed E-state index contributed by atoms with van der Waals surface area (Å²) in [6.45, 7) is 6.87. The maximum absolute atomic E-state index is 12.2. The molecule has 0 aliphatic carbocycles. The second kappa shape index (κ2) is 6.24. The summed E-state index contributed by atoms with van der Waals surface area (Å²) in [4.78, 5) is 26.5. The number of rotatable bonds is 4. The minimum atomic E-state index is -0.797. The molecular formula is C19H21NO4. The summed E-state index contributed by atoms with van der Waals surface area (Å²) in [5, 5.41) is 0. The van der Waals surface area contributed by atoms with Gasteiger partial charge in [-0.05, 0) is 24.5 Å². The first-order chi connectivity index (χ1) is 11.5. The molecule has 0 N–H and O–H groups in total. The molecule has 2 aliphatic heterocycles. The Balaban J connectivity index is 2.05. The average Bonchev–Trinajstić information content (AvgIpc) is 2.83. The fourth-order valence-corrected chi connectivity index (χ4v) is 3.64. The van der Waals surface area contributed by atoms with Crippen LogP contribution < -0.4 is 0 Å². The predicted octanol–water partition coefficient (Wildman–Crippen LogP) is 2.40. The van der Waals surface area contributed by atoms with Crippen LogP contribution in [-0.4, -0.2) is 42.6 Å². The van der Waals surface area contributed by atoms with Gasteiger partial charge in [-0.1, -0.05) is 36.4 Å². The molecule has 0 aromatic heterocycles. The molecule has 2 unspecified atom stereocenters. The number of likely N-dealkylation sites (tertiary alicyclic amines) is 1. The van der Waals surface area contributed by atoms with E-state index in [1.807, 2.05) is 31.2 Å². The Hall–Kier alpha value is -2.40. The van der Waals surface area contributed by atoms with Gasteiger partial charge in [0.25, 0.3) is 0 Å². The van der Waals surface area contributed by atoms with E-state index in [0.29, 0.717) is 19.5 Å². The number of piperidine rings is 1. The van der Waals surface area contributed by atoms with E-state index in [1.165, 1.54) is 7.11 Å². The lowest BCUT2D eigenvalue weighted by Crippen LogP contribution is -2.49. The second-order valence-electron chi connectivity index (χ2n) is 6.31. The van der Waals surface area contributed by atoms with Gasteiger partial charge >= 0.3 is 11.9 Å². The van der Waals surface area contributed by atoms with E-state index in [2.05, 4.69) is 23.6 Å². The van der Waals surface area contributed by atoms with Gasteiger partial charge in [0.2, 0.25) is 0 Å².